The fraction of sp³-hybridized carbons (Fsp3) is 0.536. The summed E-state index contributed by atoms with van der Waals surface area (Å²) in [6, 6.07) is 11.1. The molecule has 35 heavy (non-hydrogen) atoms. The van der Waals surface area contributed by atoms with Gasteiger partial charge in [-0.15, -0.1) is 0 Å². The molecular weight excluding hydrogens is 594 g/mol. The quantitative estimate of drug-likeness (QED) is 0.317. The van der Waals surface area contributed by atoms with E-state index < -0.39 is 5.92 Å². The number of nitrogens with one attached hydrogen (secondary N) is 1. The predicted molar refractivity (Wildman–Crippen MR) is 138 cm³/mol. The SMILES string of the molecule is C[N@+]1(CC2CCCCCC2)CC[C@H](NC(=O)C2c3cc(Cl)ccc3Oc3ccc(Cl)cc32)CC1.[I-]. The Balaban J connectivity index is 0.00000289. The van der Waals surface area contributed by atoms with Crippen LogP contribution in [0.5, 0.6) is 11.5 Å². The van der Waals surface area contributed by atoms with E-state index in [1.54, 1.807) is 12.1 Å². The number of rotatable bonds is 4. The Morgan fingerprint density at radius 1 is 0.914 bits per heavy atom. The Kier molecular flexibility index (Phi) is 8.94. The van der Waals surface area contributed by atoms with Crippen molar-refractivity contribution < 1.29 is 38.0 Å². The molecule has 2 fully saturated rings. The maximum absolute atomic E-state index is 13.7. The van der Waals surface area contributed by atoms with Crippen molar-refractivity contribution >= 4 is 29.1 Å². The van der Waals surface area contributed by atoms with Gasteiger partial charge in [0.2, 0.25) is 5.91 Å². The Bertz CT molecular complexity index is 996. The number of piperidine rings is 1. The van der Waals surface area contributed by atoms with Gasteiger partial charge in [-0.25, -0.2) is 0 Å². The van der Waals surface area contributed by atoms with Crippen LogP contribution in [-0.4, -0.2) is 43.1 Å². The Hall–Kier alpha value is -1.02. The molecule has 0 aromatic heterocycles. The molecule has 2 aromatic rings. The minimum Gasteiger partial charge on any atom is -1.00 e. The third kappa shape index (κ3) is 6.28. The molecule has 7 heteroatoms. The van der Waals surface area contributed by atoms with Gasteiger partial charge < -0.3 is 38.5 Å². The lowest BCUT2D eigenvalue weighted by Gasteiger charge is -2.43. The van der Waals surface area contributed by atoms with Gasteiger partial charge >= 0.3 is 0 Å². The highest BCUT2D eigenvalue weighted by molar-refractivity contribution is 6.31. The van der Waals surface area contributed by atoms with Crippen molar-refractivity contribution in [1.82, 2.24) is 5.32 Å². The van der Waals surface area contributed by atoms with Crippen molar-refractivity contribution in [2.75, 3.05) is 26.7 Å². The van der Waals surface area contributed by atoms with Crippen molar-refractivity contribution in [1.29, 1.82) is 0 Å². The highest BCUT2D eigenvalue weighted by atomic mass is 127. The maximum Gasteiger partial charge on any atom is 0.232 e. The molecule has 1 saturated heterocycles. The second-order valence-electron chi connectivity index (χ2n) is 10.8. The molecule has 2 aliphatic heterocycles. The first kappa shape index (κ1) is 27.0. The van der Waals surface area contributed by atoms with E-state index in [2.05, 4.69) is 12.4 Å². The molecule has 1 amide bonds. The van der Waals surface area contributed by atoms with Gasteiger partial charge in [-0.3, -0.25) is 4.79 Å². The Morgan fingerprint density at radius 2 is 1.46 bits per heavy atom. The lowest BCUT2D eigenvalue weighted by Crippen LogP contribution is -3.00. The average molecular weight is 629 g/mol. The third-order valence-electron chi connectivity index (χ3n) is 8.10. The monoisotopic (exact) mass is 628 g/mol. The van der Waals surface area contributed by atoms with E-state index in [1.165, 1.54) is 45.1 Å². The van der Waals surface area contributed by atoms with E-state index >= 15 is 0 Å². The molecule has 0 unspecified atom stereocenters. The zero-order chi connectivity index (χ0) is 23.7. The van der Waals surface area contributed by atoms with Crippen molar-refractivity contribution in [2.45, 2.75) is 63.3 Å². The lowest BCUT2D eigenvalue weighted by molar-refractivity contribution is -0.917. The van der Waals surface area contributed by atoms with Gasteiger partial charge in [0, 0.05) is 46.0 Å². The number of hydrogen-bond acceptors (Lipinski definition) is 2. The second-order valence-corrected chi connectivity index (χ2v) is 11.7. The molecule has 5 rings (SSSR count). The molecule has 3 aliphatic rings. The van der Waals surface area contributed by atoms with Crippen LogP contribution in [-0.2, 0) is 4.79 Å². The lowest BCUT2D eigenvalue weighted by atomic mass is 9.86. The summed E-state index contributed by atoms with van der Waals surface area (Å²) in [7, 11) is 2.41. The van der Waals surface area contributed by atoms with Crippen molar-refractivity contribution in [3.05, 3.63) is 57.6 Å². The highest BCUT2D eigenvalue weighted by Gasteiger charge is 2.37. The van der Waals surface area contributed by atoms with Gasteiger partial charge in [0.05, 0.1) is 32.6 Å². The normalized spacial score (nSPS) is 24.8. The molecule has 4 nitrogen and oxygen atoms in total. The molecule has 0 spiro atoms. The predicted octanol–water partition coefficient (Wildman–Crippen LogP) is 3.93. The van der Waals surface area contributed by atoms with Crippen LogP contribution in [0.15, 0.2) is 36.4 Å². The van der Waals surface area contributed by atoms with Gasteiger partial charge in [0.1, 0.15) is 11.5 Å². The molecule has 1 saturated carbocycles. The van der Waals surface area contributed by atoms with Crippen LogP contribution < -0.4 is 34.0 Å². The number of hydrogen-bond donors (Lipinski definition) is 1. The van der Waals surface area contributed by atoms with Gasteiger partial charge in [0.25, 0.3) is 0 Å². The number of benzene rings is 2. The summed E-state index contributed by atoms with van der Waals surface area (Å²) < 4.78 is 7.21. The van der Waals surface area contributed by atoms with Gasteiger partial charge in [-0.1, -0.05) is 48.9 Å². The summed E-state index contributed by atoms with van der Waals surface area (Å²) in [6.45, 7) is 3.54. The number of carbonyl (C=O) groups excluding carboxylic acids is 1. The van der Waals surface area contributed by atoms with Crippen molar-refractivity contribution in [3.8, 4) is 11.5 Å². The molecule has 2 heterocycles. The summed E-state index contributed by atoms with van der Waals surface area (Å²) in [5.74, 6) is 1.74. The van der Waals surface area contributed by atoms with Crippen LogP contribution in [0.4, 0.5) is 0 Å². The summed E-state index contributed by atoms with van der Waals surface area (Å²) in [6.07, 6.45) is 10.4. The van der Waals surface area contributed by atoms with E-state index in [4.69, 9.17) is 27.9 Å². The number of quaternary nitrogens is 1. The van der Waals surface area contributed by atoms with E-state index in [-0.39, 0.29) is 35.9 Å². The van der Waals surface area contributed by atoms with Crippen molar-refractivity contribution in [3.63, 3.8) is 0 Å². The number of carbonyl (C=O) groups is 1. The summed E-state index contributed by atoms with van der Waals surface area (Å²) in [4.78, 5) is 13.7. The minimum absolute atomic E-state index is 0. The van der Waals surface area contributed by atoms with E-state index in [0.717, 1.165) is 47.5 Å². The number of halogens is 3. The van der Waals surface area contributed by atoms with Gasteiger partial charge in [-0.05, 0) is 49.2 Å². The number of likely N-dealkylation sites (tertiary alicyclic amines) is 1. The molecule has 2 aromatic carbocycles. The molecule has 0 radical (unpaired) electrons. The fourth-order valence-electron chi connectivity index (χ4n) is 6.22. The van der Waals surface area contributed by atoms with Crippen LogP contribution in [0.2, 0.25) is 10.0 Å². The van der Waals surface area contributed by atoms with E-state index in [0.29, 0.717) is 21.5 Å². The fourth-order valence-corrected chi connectivity index (χ4v) is 6.58. The van der Waals surface area contributed by atoms with Crippen LogP contribution >= 0.6 is 23.2 Å². The third-order valence-corrected chi connectivity index (χ3v) is 8.57. The molecule has 190 valence electrons. The highest BCUT2D eigenvalue weighted by Crippen LogP contribution is 2.46. The zero-order valence-corrected chi connectivity index (χ0v) is 24.0. The number of amides is 1. The largest absolute Gasteiger partial charge is 1.00 e. The number of fused-ring (bicyclic) bond motifs is 2. The Morgan fingerprint density at radius 3 is 2.00 bits per heavy atom. The first-order chi connectivity index (χ1) is 16.4. The van der Waals surface area contributed by atoms with E-state index in [1.807, 2.05) is 24.3 Å². The van der Waals surface area contributed by atoms with Crippen LogP contribution in [0.1, 0.15) is 68.4 Å². The summed E-state index contributed by atoms with van der Waals surface area (Å²) in [5.41, 5.74) is 1.59. The zero-order valence-electron chi connectivity index (χ0n) is 20.4. The second kappa shape index (κ2) is 11.6. The summed E-state index contributed by atoms with van der Waals surface area (Å²) >= 11 is 12.6. The Labute approximate surface area is 236 Å². The molecule has 1 aliphatic carbocycles. The van der Waals surface area contributed by atoms with Gasteiger partial charge in [-0.2, -0.15) is 0 Å². The smallest absolute Gasteiger partial charge is 0.232 e. The number of ether oxygens (including phenoxy) is 1. The molecular formula is C28H35Cl2IN2O2. The average Bonchev–Trinajstić information content (AvgIpc) is 3.07. The molecule has 0 atom stereocenters. The summed E-state index contributed by atoms with van der Waals surface area (Å²) in [5, 5.41) is 4.55. The van der Waals surface area contributed by atoms with Crippen LogP contribution in [0, 0.1) is 5.92 Å². The first-order valence-corrected chi connectivity index (χ1v) is 13.6. The van der Waals surface area contributed by atoms with Crippen LogP contribution in [0.25, 0.3) is 0 Å². The molecule has 1 N–H and O–H groups in total. The first-order valence-electron chi connectivity index (χ1n) is 12.8. The van der Waals surface area contributed by atoms with Gasteiger partial charge in [0.15, 0.2) is 0 Å². The van der Waals surface area contributed by atoms with Crippen LogP contribution in [0.3, 0.4) is 0 Å². The molecule has 0 bridgehead atoms. The topological polar surface area (TPSA) is 38.3 Å². The van der Waals surface area contributed by atoms with E-state index in [9.17, 15) is 4.79 Å². The maximum atomic E-state index is 13.7. The minimum atomic E-state index is -0.482. The van der Waals surface area contributed by atoms with Crippen molar-refractivity contribution in [2.24, 2.45) is 5.92 Å². The number of nitrogens with zero attached hydrogens (tertiary/aromatic N) is 1. The standard InChI is InChI=1S/C28H34Cl2N2O2.HI/c1-32(18-19-6-4-2-3-5-7-19)14-12-22(13-15-32)31-28(33)27-23-16-20(29)8-10-25(23)34-26-11-9-21(30)17-24(26)27;/h8-11,16-17,19,22,27H,2-7,12-15,18H2,1H3;1H/t22-,32-;.